The van der Waals surface area contributed by atoms with Crippen molar-refractivity contribution in [2.75, 3.05) is 25.0 Å². The molecule has 0 atom stereocenters. The van der Waals surface area contributed by atoms with Gasteiger partial charge in [0.15, 0.2) is 0 Å². The highest BCUT2D eigenvalue weighted by Crippen LogP contribution is 2.30. The molecule has 3 aromatic heterocycles. The van der Waals surface area contributed by atoms with Crippen molar-refractivity contribution < 1.29 is 5.11 Å². The summed E-state index contributed by atoms with van der Waals surface area (Å²) in [6.07, 6.45) is 8.36. The number of aliphatic hydroxyl groups excluding tert-OH is 1. The summed E-state index contributed by atoms with van der Waals surface area (Å²) in [6.45, 7) is 5.55. The molecule has 2 N–H and O–H groups in total. The smallest absolute Gasteiger partial charge is 0.227 e. The van der Waals surface area contributed by atoms with Gasteiger partial charge in [-0.3, -0.25) is 14.6 Å². The van der Waals surface area contributed by atoms with E-state index in [0.29, 0.717) is 12.5 Å². The van der Waals surface area contributed by atoms with Crippen molar-refractivity contribution >= 4 is 11.6 Å². The number of aliphatic hydroxyl groups is 1. The zero-order valence-corrected chi connectivity index (χ0v) is 18.6. The number of nitrogens with zero attached hydrogens (tertiary/aromatic N) is 6. The number of pyridine rings is 1. The number of anilines is 2. The van der Waals surface area contributed by atoms with Crippen molar-refractivity contribution in [1.29, 1.82) is 0 Å². The molecule has 0 aliphatic carbocycles. The van der Waals surface area contributed by atoms with E-state index >= 15 is 0 Å². The number of fused-ring (bicyclic) bond motifs is 1. The van der Waals surface area contributed by atoms with Crippen LogP contribution in [0.25, 0.3) is 22.5 Å². The Kier molecular flexibility index (Phi) is 6.10. The minimum absolute atomic E-state index is 0.184. The fourth-order valence-electron chi connectivity index (χ4n) is 4.21. The molecule has 33 heavy (non-hydrogen) atoms. The van der Waals surface area contributed by atoms with Crippen LogP contribution in [0.2, 0.25) is 0 Å². The molecule has 168 valence electrons. The molecule has 5 rings (SSSR count). The van der Waals surface area contributed by atoms with Crippen LogP contribution >= 0.6 is 0 Å². The number of hydrogen-bond acceptors (Lipinski definition) is 7. The topological polar surface area (TPSA) is 92.0 Å². The second kappa shape index (κ2) is 9.48. The van der Waals surface area contributed by atoms with Crippen molar-refractivity contribution in [1.82, 2.24) is 29.6 Å². The van der Waals surface area contributed by atoms with Crippen LogP contribution in [0.1, 0.15) is 18.1 Å². The zero-order valence-electron chi connectivity index (χ0n) is 18.6. The molecular weight excluding hydrogens is 414 g/mol. The fourth-order valence-corrected chi connectivity index (χ4v) is 4.21. The van der Waals surface area contributed by atoms with Gasteiger partial charge in [0.25, 0.3) is 0 Å². The van der Waals surface area contributed by atoms with Crippen LogP contribution < -0.4 is 5.32 Å². The molecular formula is C25H27N7O. The van der Waals surface area contributed by atoms with Gasteiger partial charge in [0.05, 0.1) is 12.3 Å². The first-order valence-corrected chi connectivity index (χ1v) is 11.3. The molecule has 1 aromatic carbocycles. The van der Waals surface area contributed by atoms with E-state index in [1.54, 1.807) is 12.4 Å². The molecule has 0 unspecified atom stereocenters. The lowest BCUT2D eigenvalue weighted by atomic mass is 9.99. The van der Waals surface area contributed by atoms with E-state index in [1.807, 2.05) is 35.3 Å². The second-order valence-electron chi connectivity index (χ2n) is 8.11. The lowest BCUT2D eigenvalue weighted by Gasteiger charge is -2.28. The number of benzene rings is 1. The summed E-state index contributed by atoms with van der Waals surface area (Å²) in [5, 5.41) is 17.4. The zero-order chi connectivity index (χ0) is 22.6. The first-order valence-electron chi connectivity index (χ1n) is 11.3. The van der Waals surface area contributed by atoms with Crippen molar-refractivity contribution in [3.05, 3.63) is 72.3 Å². The van der Waals surface area contributed by atoms with Gasteiger partial charge in [-0.25, -0.2) is 9.97 Å². The van der Waals surface area contributed by atoms with Crippen molar-refractivity contribution in [3.63, 3.8) is 0 Å². The summed E-state index contributed by atoms with van der Waals surface area (Å²) in [7, 11) is 0. The molecule has 0 radical (unpaired) electrons. The van der Waals surface area contributed by atoms with Crippen LogP contribution in [-0.2, 0) is 19.5 Å². The molecule has 0 saturated carbocycles. The first-order chi connectivity index (χ1) is 16.2. The van der Waals surface area contributed by atoms with Gasteiger partial charge >= 0.3 is 0 Å². The van der Waals surface area contributed by atoms with Gasteiger partial charge in [0.1, 0.15) is 5.69 Å². The maximum Gasteiger partial charge on any atom is 0.227 e. The van der Waals surface area contributed by atoms with Crippen LogP contribution in [0, 0.1) is 0 Å². The number of aromatic nitrogens is 5. The normalized spacial score (nSPS) is 13.6. The molecule has 1 aliphatic rings. The van der Waals surface area contributed by atoms with Crippen LogP contribution in [0.4, 0.5) is 11.6 Å². The Bertz CT molecular complexity index is 1240. The second-order valence-corrected chi connectivity index (χ2v) is 8.11. The van der Waals surface area contributed by atoms with Crippen LogP contribution in [0.5, 0.6) is 0 Å². The highest BCUT2D eigenvalue weighted by atomic mass is 16.3. The lowest BCUT2D eigenvalue weighted by Crippen LogP contribution is -2.32. The molecule has 0 spiro atoms. The molecule has 4 heterocycles. The van der Waals surface area contributed by atoms with E-state index < -0.39 is 0 Å². The fraction of sp³-hybridized carbons (Fsp3) is 0.280. The SMILES string of the molecule is CCn1cc(-c2ccnc(Nc3ccc4c(c3)CN(CCO)CC4)n2)c(-c2cccnc2)n1. The summed E-state index contributed by atoms with van der Waals surface area (Å²) >= 11 is 0. The van der Waals surface area contributed by atoms with E-state index in [-0.39, 0.29) is 6.61 Å². The minimum atomic E-state index is 0.184. The molecule has 0 bridgehead atoms. The quantitative estimate of drug-likeness (QED) is 0.453. The van der Waals surface area contributed by atoms with E-state index in [0.717, 1.165) is 54.3 Å². The Labute approximate surface area is 193 Å². The summed E-state index contributed by atoms with van der Waals surface area (Å²) in [5.41, 5.74) is 7.14. The maximum atomic E-state index is 9.27. The molecule has 1 aliphatic heterocycles. The van der Waals surface area contributed by atoms with Gasteiger partial charge in [-0.1, -0.05) is 6.07 Å². The van der Waals surface area contributed by atoms with Crippen molar-refractivity contribution in [2.24, 2.45) is 0 Å². The molecule has 0 fully saturated rings. The van der Waals surface area contributed by atoms with Gasteiger partial charge in [-0.2, -0.15) is 5.10 Å². The molecule has 0 amide bonds. The van der Waals surface area contributed by atoms with Crippen LogP contribution in [-0.4, -0.2) is 54.4 Å². The van der Waals surface area contributed by atoms with Gasteiger partial charge in [0, 0.05) is 67.8 Å². The maximum absolute atomic E-state index is 9.27. The molecule has 8 heteroatoms. The Morgan fingerprint density at radius 2 is 2.06 bits per heavy atom. The summed E-state index contributed by atoms with van der Waals surface area (Å²) in [4.78, 5) is 15.7. The number of aryl methyl sites for hydroxylation is 1. The van der Waals surface area contributed by atoms with Crippen LogP contribution in [0.3, 0.4) is 0 Å². The van der Waals surface area contributed by atoms with Crippen molar-refractivity contribution in [3.8, 4) is 22.5 Å². The molecule has 0 saturated heterocycles. The Morgan fingerprint density at radius 3 is 2.88 bits per heavy atom. The highest BCUT2D eigenvalue weighted by Gasteiger charge is 2.17. The Morgan fingerprint density at radius 1 is 1.12 bits per heavy atom. The van der Waals surface area contributed by atoms with E-state index in [2.05, 4.69) is 45.3 Å². The Hall–Kier alpha value is -3.62. The minimum Gasteiger partial charge on any atom is -0.395 e. The summed E-state index contributed by atoms with van der Waals surface area (Å²) in [5.74, 6) is 0.539. The molecule has 8 nitrogen and oxygen atoms in total. The van der Waals surface area contributed by atoms with Gasteiger partial charge in [0.2, 0.25) is 5.95 Å². The van der Waals surface area contributed by atoms with E-state index in [1.165, 1.54) is 11.1 Å². The standard InChI is InChI=1S/C25H27N7O/c1-2-32-17-22(24(30-32)19-4-3-9-26-15-19)23-7-10-27-25(29-23)28-21-6-5-18-8-11-31(12-13-33)16-20(18)14-21/h3-7,9-10,14-15,17,33H,2,8,11-13,16H2,1H3,(H,27,28,29). The third-order valence-corrected chi connectivity index (χ3v) is 5.92. The first kappa shape index (κ1) is 21.2. The monoisotopic (exact) mass is 441 g/mol. The number of rotatable bonds is 7. The van der Waals surface area contributed by atoms with E-state index in [4.69, 9.17) is 10.1 Å². The number of hydrogen-bond donors (Lipinski definition) is 2. The van der Waals surface area contributed by atoms with E-state index in [9.17, 15) is 5.11 Å². The van der Waals surface area contributed by atoms with Crippen LogP contribution in [0.15, 0.2) is 61.2 Å². The third kappa shape index (κ3) is 4.62. The van der Waals surface area contributed by atoms with Gasteiger partial charge in [-0.15, -0.1) is 0 Å². The third-order valence-electron chi connectivity index (χ3n) is 5.92. The average molecular weight is 442 g/mol. The lowest BCUT2D eigenvalue weighted by molar-refractivity contribution is 0.184. The number of nitrogens with one attached hydrogen (secondary N) is 1. The summed E-state index contributed by atoms with van der Waals surface area (Å²) < 4.78 is 1.91. The molecule has 4 aromatic rings. The number of β-amino-alcohol motifs (C(OH)–C–C–N with tert-alkyl or cyclic N) is 1. The largest absolute Gasteiger partial charge is 0.395 e. The van der Waals surface area contributed by atoms with Gasteiger partial charge in [-0.05, 0) is 54.8 Å². The average Bonchev–Trinajstić information content (AvgIpc) is 3.30. The Balaban J connectivity index is 1.42. The highest BCUT2D eigenvalue weighted by molar-refractivity contribution is 5.78. The predicted octanol–water partition coefficient (Wildman–Crippen LogP) is 3.52. The van der Waals surface area contributed by atoms with Gasteiger partial charge < -0.3 is 10.4 Å². The van der Waals surface area contributed by atoms with Crippen molar-refractivity contribution in [2.45, 2.75) is 26.4 Å². The summed E-state index contributed by atoms with van der Waals surface area (Å²) in [6, 6.07) is 12.2. The predicted molar refractivity (Wildman–Crippen MR) is 128 cm³/mol.